The first-order valence-corrected chi connectivity index (χ1v) is 7.18. The lowest BCUT2D eigenvalue weighted by atomic mass is 10.0. The van der Waals surface area contributed by atoms with Crippen molar-refractivity contribution in [2.75, 3.05) is 14.2 Å². The highest BCUT2D eigenvalue weighted by atomic mass is 16.5. The molecule has 0 saturated heterocycles. The fourth-order valence-electron chi connectivity index (χ4n) is 2.40. The topological polar surface area (TPSA) is 62.3 Å². The number of hydrogen-bond acceptors (Lipinski definition) is 4. The Balaban J connectivity index is 2.43. The van der Waals surface area contributed by atoms with Crippen molar-refractivity contribution in [2.24, 2.45) is 5.73 Å². The van der Waals surface area contributed by atoms with Crippen LogP contribution in [0.3, 0.4) is 0 Å². The van der Waals surface area contributed by atoms with Crippen LogP contribution in [0.2, 0.25) is 0 Å². The van der Waals surface area contributed by atoms with Gasteiger partial charge in [0, 0.05) is 18.2 Å². The van der Waals surface area contributed by atoms with Gasteiger partial charge in [-0.25, -0.2) is 0 Å². The number of hydrogen-bond donors (Lipinski definition) is 1. The molecule has 0 amide bonds. The number of nitrogens with two attached hydrogens (primary N) is 1. The summed E-state index contributed by atoms with van der Waals surface area (Å²) in [4.78, 5) is 0. The third kappa shape index (κ3) is 3.03. The molecule has 0 spiro atoms. The predicted molar refractivity (Wildman–Crippen MR) is 82.9 cm³/mol. The minimum absolute atomic E-state index is 0.279. The van der Waals surface area contributed by atoms with Crippen LogP contribution in [0.15, 0.2) is 24.3 Å². The Kier molecular flexibility index (Phi) is 4.85. The second-order valence-electron chi connectivity index (χ2n) is 4.82. The Hall–Kier alpha value is -2.01. The first kappa shape index (κ1) is 15.4. The van der Waals surface area contributed by atoms with Gasteiger partial charge in [0.1, 0.15) is 11.5 Å². The van der Waals surface area contributed by atoms with Crippen LogP contribution < -0.4 is 15.2 Å². The Morgan fingerprint density at radius 3 is 2.52 bits per heavy atom. The van der Waals surface area contributed by atoms with Gasteiger partial charge in [0.2, 0.25) is 0 Å². The molecule has 1 heterocycles. The van der Waals surface area contributed by atoms with Crippen molar-refractivity contribution >= 4 is 0 Å². The summed E-state index contributed by atoms with van der Waals surface area (Å²) in [6, 6.07) is 7.48. The molecule has 114 valence electrons. The number of aryl methyl sites for hydroxylation is 2. The Morgan fingerprint density at radius 1 is 1.19 bits per heavy atom. The molecule has 0 aliphatic rings. The predicted octanol–water partition coefficient (Wildman–Crippen LogP) is 2.53. The molecule has 2 aromatic rings. The minimum atomic E-state index is -0.279. The van der Waals surface area contributed by atoms with Gasteiger partial charge in [-0.1, -0.05) is 6.92 Å². The lowest BCUT2D eigenvalue weighted by Gasteiger charge is -2.17. The van der Waals surface area contributed by atoms with Crippen LogP contribution in [-0.2, 0) is 13.0 Å². The SMILES string of the molecule is CCc1cc(C(N)c2ccc(OC)cc2OC)n(CC)n1. The van der Waals surface area contributed by atoms with Crippen molar-refractivity contribution in [2.45, 2.75) is 32.9 Å². The second kappa shape index (κ2) is 6.63. The van der Waals surface area contributed by atoms with E-state index in [1.165, 1.54) is 0 Å². The van der Waals surface area contributed by atoms with Crippen molar-refractivity contribution < 1.29 is 9.47 Å². The summed E-state index contributed by atoms with van der Waals surface area (Å²) in [7, 11) is 3.27. The molecule has 5 heteroatoms. The van der Waals surface area contributed by atoms with Crippen molar-refractivity contribution in [3.05, 3.63) is 41.2 Å². The maximum absolute atomic E-state index is 6.45. The van der Waals surface area contributed by atoms with Gasteiger partial charge in [0.25, 0.3) is 0 Å². The van der Waals surface area contributed by atoms with Crippen LogP contribution in [-0.4, -0.2) is 24.0 Å². The quantitative estimate of drug-likeness (QED) is 0.887. The van der Waals surface area contributed by atoms with Gasteiger partial charge in [0.15, 0.2) is 0 Å². The molecule has 0 aliphatic heterocycles. The van der Waals surface area contributed by atoms with Crippen LogP contribution >= 0.6 is 0 Å². The smallest absolute Gasteiger partial charge is 0.127 e. The van der Waals surface area contributed by atoms with E-state index >= 15 is 0 Å². The highest BCUT2D eigenvalue weighted by Crippen LogP contribution is 2.32. The van der Waals surface area contributed by atoms with Gasteiger partial charge in [0.05, 0.1) is 31.6 Å². The van der Waals surface area contributed by atoms with Crippen LogP contribution in [0.25, 0.3) is 0 Å². The largest absolute Gasteiger partial charge is 0.497 e. The maximum atomic E-state index is 6.45. The van der Waals surface area contributed by atoms with E-state index in [1.54, 1.807) is 14.2 Å². The number of aromatic nitrogens is 2. The molecule has 2 N–H and O–H groups in total. The van der Waals surface area contributed by atoms with Gasteiger partial charge in [-0.3, -0.25) is 4.68 Å². The first-order chi connectivity index (χ1) is 10.1. The van der Waals surface area contributed by atoms with Crippen molar-refractivity contribution in [1.29, 1.82) is 0 Å². The molecule has 2 rings (SSSR count). The summed E-state index contributed by atoms with van der Waals surface area (Å²) >= 11 is 0. The van der Waals surface area contributed by atoms with E-state index in [2.05, 4.69) is 25.0 Å². The van der Waals surface area contributed by atoms with E-state index in [-0.39, 0.29) is 6.04 Å². The molecule has 1 atom stereocenters. The van der Waals surface area contributed by atoms with Gasteiger partial charge in [-0.15, -0.1) is 0 Å². The highest BCUT2D eigenvalue weighted by molar-refractivity contribution is 5.45. The summed E-state index contributed by atoms with van der Waals surface area (Å²) in [5, 5.41) is 4.55. The molecule has 21 heavy (non-hydrogen) atoms. The lowest BCUT2D eigenvalue weighted by molar-refractivity contribution is 0.389. The highest BCUT2D eigenvalue weighted by Gasteiger charge is 2.19. The number of rotatable bonds is 6. The Labute approximate surface area is 125 Å². The normalized spacial score (nSPS) is 12.2. The third-order valence-corrected chi connectivity index (χ3v) is 3.62. The molecular formula is C16H23N3O2. The summed E-state index contributed by atoms with van der Waals surface area (Å²) in [6.45, 7) is 4.95. The number of benzene rings is 1. The fourth-order valence-corrected chi connectivity index (χ4v) is 2.40. The summed E-state index contributed by atoms with van der Waals surface area (Å²) in [5.41, 5.74) is 9.42. The minimum Gasteiger partial charge on any atom is -0.497 e. The van der Waals surface area contributed by atoms with E-state index in [0.29, 0.717) is 0 Å². The van der Waals surface area contributed by atoms with E-state index < -0.39 is 0 Å². The zero-order chi connectivity index (χ0) is 15.4. The third-order valence-electron chi connectivity index (χ3n) is 3.62. The van der Waals surface area contributed by atoms with Crippen molar-refractivity contribution in [3.63, 3.8) is 0 Å². The van der Waals surface area contributed by atoms with Crippen LogP contribution in [0.1, 0.15) is 36.8 Å². The summed E-state index contributed by atoms with van der Waals surface area (Å²) in [5.74, 6) is 1.48. The number of methoxy groups -OCH3 is 2. The van der Waals surface area contributed by atoms with Gasteiger partial charge in [-0.05, 0) is 31.5 Å². The Bertz CT molecular complexity index is 608. The van der Waals surface area contributed by atoms with Gasteiger partial charge >= 0.3 is 0 Å². The number of nitrogens with zero attached hydrogens (tertiary/aromatic N) is 2. The van der Waals surface area contributed by atoms with E-state index in [1.807, 2.05) is 22.9 Å². The zero-order valence-corrected chi connectivity index (χ0v) is 13.1. The van der Waals surface area contributed by atoms with Crippen molar-refractivity contribution in [1.82, 2.24) is 9.78 Å². The fraction of sp³-hybridized carbons (Fsp3) is 0.438. The zero-order valence-electron chi connectivity index (χ0n) is 13.1. The molecule has 1 aromatic heterocycles. The van der Waals surface area contributed by atoms with E-state index in [9.17, 15) is 0 Å². The molecule has 1 aromatic carbocycles. The molecule has 0 aliphatic carbocycles. The molecule has 0 fully saturated rings. The standard InChI is InChI=1S/C16H23N3O2/c1-5-11-9-14(19(6-2)18-11)16(17)13-8-7-12(20-3)10-15(13)21-4/h7-10,16H,5-6,17H2,1-4H3. The molecule has 1 unspecified atom stereocenters. The second-order valence-corrected chi connectivity index (χ2v) is 4.82. The average Bonchev–Trinajstić information content (AvgIpc) is 2.96. The maximum Gasteiger partial charge on any atom is 0.127 e. The van der Waals surface area contributed by atoms with Gasteiger partial charge < -0.3 is 15.2 Å². The molecule has 0 radical (unpaired) electrons. The average molecular weight is 289 g/mol. The lowest BCUT2D eigenvalue weighted by Crippen LogP contribution is -2.18. The van der Waals surface area contributed by atoms with Gasteiger partial charge in [-0.2, -0.15) is 5.10 Å². The molecule has 5 nitrogen and oxygen atoms in total. The molecule has 0 bridgehead atoms. The number of ether oxygens (including phenoxy) is 2. The van der Waals surface area contributed by atoms with Crippen LogP contribution in [0.5, 0.6) is 11.5 Å². The monoisotopic (exact) mass is 289 g/mol. The summed E-state index contributed by atoms with van der Waals surface area (Å²) < 4.78 is 12.6. The molecule has 0 saturated carbocycles. The van der Waals surface area contributed by atoms with Crippen molar-refractivity contribution in [3.8, 4) is 11.5 Å². The van der Waals surface area contributed by atoms with E-state index in [0.717, 1.165) is 41.4 Å². The van der Waals surface area contributed by atoms with Crippen LogP contribution in [0, 0.1) is 0 Å². The summed E-state index contributed by atoms with van der Waals surface area (Å²) in [6.07, 6.45) is 0.895. The Morgan fingerprint density at radius 2 is 1.95 bits per heavy atom. The molecular weight excluding hydrogens is 266 g/mol. The van der Waals surface area contributed by atoms with E-state index in [4.69, 9.17) is 15.2 Å². The first-order valence-electron chi connectivity index (χ1n) is 7.18. The van der Waals surface area contributed by atoms with Crippen LogP contribution in [0.4, 0.5) is 0 Å².